The number of aromatic hydroxyl groups is 1. The highest BCUT2D eigenvalue weighted by Gasteiger charge is 2.27. The average Bonchev–Trinajstić information content (AvgIpc) is 2.80. The van der Waals surface area contributed by atoms with E-state index in [0.717, 1.165) is 18.9 Å². The van der Waals surface area contributed by atoms with E-state index in [4.69, 9.17) is 9.47 Å². The molecule has 0 saturated heterocycles. The van der Waals surface area contributed by atoms with Crippen LogP contribution in [-0.2, 0) is 9.47 Å². The quantitative estimate of drug-likeness (QED) is 0.312. The third kappa shape index (κ3) is 6.21. The van der Waals surface area contributed by atoms with Crippen LogP contribution in [0.4, 0.5) is 13.2 Å². The van der Waals surface area contributed by atoms with E-state index in [1.807, 2.05) is 0 Å². The van der Waals surface area contributed by atoms with E-state index in [9.17, 15) is 18.3 Å². The van der Waals surface area contributed by atoms with Gasteiger partial charge < -0.3 is 14.6 Å². The zero-order chi connectivity index (χ0) is 24.0. The van der Waals surface area contributed by atoms with Gasteiger partial charge in [0.05, 0.1) is 13.2 Å². The van der Waals surface area contributed by atoms with Gasteiger partial charge in [-0.3, -0.25) is 0 Å². The summed E-state index contributed by atoms with van der Waals surface area (Å²) in [5.74, 6) is -2.04. The average molecular weight is 459 g/mol. The number of rotatable bonds is 9. The van der Waals surface area contributed by atoms with Crippen molar-refractivity contribution in [3.05, 3.63) is 90.2 Å². The monoisotopic (exact) mass is 458 g/mol. The molecule has 1 aliphatic carbocycles. The lowest BCUT2D eigenvalue weighted by atomic mass is 9.78. The third-order valence-electron chi connectivity index (χ3n) is 5.95. The Morgan fingerprint density at radius 2 is 1.67 bits per heavy atom. The number of phenolic OH excluding ortho intramolecular Hbond substituents is 1. The van der Waals surface area contributed by atoms with Gasteiger partial charge in [0.2, 0.25) is 0 Å². The molecule has 2 aromatic rings. The van der Waals surface area contributed by atoms with Crippen LogP contribution in [0, 0.1) is 17.6 Å². The second-order valence-corrected chi connectivity index (χ2v) is 8.22. The molecular weight excluding hydrogens is 429 g/mol. The molecule has 3 rings (SSSR count). The van der Waals surface area contributed by atoms with Crippen LogP contribution in [0.2, 0.25) is 0 Å². The van der Waals surface area contributed by atoms with Gasteiger partial charge in [-0.2, -0.15) is 0 Å². The smallest absolute Gasteiger partial charge is 0.168 e. The zero-order valence-corrected chi connectivity index (χ0v) is 18.8. The maximum Gasteiger partial charge on any atom is 0.168 e. The summed E-state index contributed by atoms with van der Waals surface area (Å²) in [4.78, 5) is 0. The lowest BCUT2D eigenvalue weighted by Crippen LogP contribution is -2.19. The minimum atomic E-state index is -0.879. The first-order chi connectivity index (χ1) is 15.8. The summed E-state index contributed by atoms with van der Waals surface area (Å²) < 4.78 is 54.3. The van der Waals surface area contributed by atoms with E-state index < -0.39 is 17.5 Å². The molecule has 0 amide bonds. The molecule has 1 N–H and O–H groups in total. The number of halogens is 3. The first-order valence-electron chi connectivity index (χ1n) is 11.1. The first kappa shape index (κ1) is 24.5. The van der Waals surface area contributed by atoms with Gasteiger partial charge in [0, 0.05) is 11.6 Å². The zero-order valence-electron chi connectivity index (χ0n) is 18.8. The molecule has 1 aliphatic rings. The molecule has 33 heavy (non-hydrogen) atoms. The molecule has 0 radical (unpaired) electrons. The Bertz CT molecular complexity index is 1020. The van der Waals surface area contributed by atoms with Gasteiger partial charge in [-0.15, -0.1) is 0 Å². The number of hydrogen-bond donors (Lipinski definition) is 1. The third-order valence-corrected chi connectivity index (χ3v) is 5.95. The fourth-order valence-corrected chi connectivity index (χ4v) is 4.12. The van der Waals surface area contributed by atoms with Crippen molar-refractivity contribution in [2.75, 3.05) is 13.2 Å². The van der Waals surface area contributed by atoms with Crippen LogP contribution in [0.3, 0.4) is 0 Å². The van der Waals surface area contributed by atoms with Crippen molar-refractivity contribution in [2.45, 2.75) is 38.5 Å². The van der Waals surface area contributed by atoms with Gasteiger partial charge >= 0.3 is 0 Å². The lowest BCUT2D eigenvalue weighted by molar-refractivity contribution is 0.136. The molecule has 6 heteroatoms. The number of ether oxygens (including phenoxy) is 2. The van der Waals surface area contributed by atoms with E-state index in [1.54, 1.807) is 31.2 Å². The molecule has 0 heterocycles. The maximum atomic E-state index is 14.9. The Labute approximate surface area is 192 Å². The Morgan fingerprint density at radius 1 is 1.00 bits per heavy atom. The van der Waals surface area contributed by atoms with Crippen molar-refractivity contribution in [2.24, 2.45) is 5.92 Å². The fourth-order valence-electron chi connectivity index (χ4n) is 4.12. The molecule has 1 saturated carbocycles. The van der Waals surface area contributed by atoms with Gasteiger partial charge in [-0.05, 0) is 67.7 Å². The number of hydrogen-bond acceptors (Lipinski definition) is 3. The first-order valence-corrected chi connectivity index (χ1v) is 11.1. The standard InChI is InChI=1S/C27H29F3O3/c1-4-32-17(2)15-25(28)18(3)33-16-19-5-7-20(8-6-19)23-13-14-24(27(30)26(23)29)21-9-11-22(31)12-10-21/h9-15,19-20,31H,2-8,16H2,1H3/b25-15+. The number of phenols is 1. The van der Waals surface area contributed by atoms with Crippen LogP contribution in [0.5, 0.6) is 5.75 Å². The summed E-state index contributed by atoms with van der Waals surface area (Å²) in [7, 11) is 0. The Kier molecular flexibility index (Phi) is 8.26. The van der Waals surface area contributed by atoms with Crippen molar-refractivity contribution in [3.8, 4) is 16.9 Å². The Hall–Kier alpha value is -3.15. The maximum absolute atomic E-state index is 14.9. The minimum Gasteiger partial charge on any atom is -0.508 e. The van der Waals surface area contributed by atoms with Gasteiger partial charge in [0.1, 0.15) is 17.3 Å². The minimum absolute atomic E-state index is 0.0651. The topological polar surface area (TPSA) is 38.7 Å². The van der Waals surface area contributed by atoms with Crippen LogP contribution < -0.4 is 0 Å². The van der Waals surface area contributed by atoms with Gasteiger partial charge in [-0.1, -0.05) is 37.4 Å². The number of allylic oxidation sites excluding steroid dienone is 2. The summed E-state index contributed by atoms with van der Waals surface area (Å²) in [5.41, 5.74) is 1.05. The highest BCUT2D eigenvalue weighted by atomic mass is 19.2. The van der Waals surface area contributed by atoms with E-state index in [2.05, 4.69) is 13.2 Å². The molecule has 0 bridgehead atoms. The highest BCUT2D eigenvalue weighted by molar-refractivity contribution is 5.65. The van der Waals surface area contributed by atoms with Gasteiger partial charge in [-0.25, -0.2) is 13.2 Å². The Morgan fingerprint density at radius 3 is 2.30 bits per heavy atom. The molecule has 0 unspecified atom stereocenters. The molecule has 2 aromatic carbocycles. The molecule has 0 spiro atoms. The van der Waals surface area contributed by atoms with E-state index in [-0.39, 0.29) is 34.7 Å². The van der Waals surface area contributed by atoms with Crippen LogP contribution >= 0.6 is 0 Å². The molecule has 0 atom stereocenters. The Balaban J connectivity index is 1.56. The normalized spacial score (nSPS) is 18.6. The summed E-state index contributed by atoms with van der Waals surface area (Å²) in [6.07, 6.45) is 4.04. The molecule has 176 valence electrons. The highest BCUT2D eigenvalue weighted by Crippen LogP contribution is 2.39. The fraction of sp³-hybridized carbons (Fsp3) is 0.333. The van der Waals surface area contributed by atoms with E-state index >= 15 is 0 Å². The van der Waals surface area contributed by atoms with E-state index in [0.29, 0.717) is 37.2 Å². The summed E-state index contributed by atoms with van der Waals surface area (Å²) in [5, 5.41) is 9.40. The summed E-state index contributed by atoms with van der Waals surface area (Å²) in [6, 6.07) is 9.22. The van der Waals surface area contributed by atoms with Crippen LogP contribution in [0.25, 0.3) is 11.1 Å². The largest absolute Gasteiger partial charge is 0.508 e. The predicted molar refractivity (Wildman–Crippen MR) is 123 cm³/mol. The van der Waals surface area contributed by atoms with Crippen molar-refractivity contribution in [1.29, 1.82) is 0 Å². The van der Waals surface area contributed by atoms with Crippen LogP contribution in [0.1, 0.15) is 44.1 Å². The number of benzene rings is 2. The van der Waals surface area contributed by atoms with Crippen LogP contribution in [-0.4, -0.2) is 18.3 Å². The van der Waals surface area contributed by atoms with Gasteiger partial charge in [0.15, 0.2) is 17.5 Å². The van der Waals surface area contributed by atoms with E-state index in [1.165, 1.54) is 12.1 Å². The van der Waals surface area contributed by atoms with Crippen molar-refractivity contribution < 1.29 is 27.8 Å². The van der Waals surface area contributed by atoms with Crippen LogP contribution in [0.15, 0.2) is 73.0 Å². The molecular formula is C27H29F3O3. The van der Waals surface area contributed by atoms with Gasteiger partial charge in [0.25, 0.3) is 0 Å². The molecule has 0 aliphatic heterocycles. The SMILES string of the molecule is C=C(/C=C(/F)C(=C)OCC1CCC(c2ccc(-c3ccc(O)cc3)c(F)c2F)CC1)OCC. The summed E-state index contributed by atoms with van der Waals surface area (Å²) in [6.45, 7) is 9.68. The lowest BCUT2D eigenvalue weighted by Gasteiger charge is -2.29. The van der Waals surface area contributed by atoms with Crippen molar-refractivity contribution in [1.82, 2.24) is 0 Å². The second kappa shape index (κ2) is 11.1. The second-order valence-electron chi connectivity index (χ2n) is 8.22. The molecule has 3 nitrogen and oxygen atoms in total. The van der Waals surface area contributed by atoms with Crippen molar-refractivity contribution in [3.63, 3.8) is 0 Å². The molecule has 0 aromatic heterocycles. The van der Waals surface area contributed by atoms with Crippen molar-refractivity contribution >= 4 is 0 Å². The predicted octanol–water partition coefficient (Wildman–Crippen LogP) is 7.55. The molecule has 1 fully saturated rings. The summed E-state index contributed by atoms with van der Waals surface area (Å²) >= 11 is 0.